The second-order valence-electron chi connectivity index (χ2n) is 2.26. The van der Waals surface area contributed by atoms with E-state index >= 15 is 0 Å². The zero-order valence-corrected chi connectivity index (χ0v) is 8.06. The summed E-state index contributed by atoms with van der Waals surface area (Å²) in [6.07, 6.45) is 1.28. The lowest BCUT2D eigenvalue weighted by Crippen LogP contribution is -2.01. The Kier molecular flexibility index (Phi) is 2.64. The average molecular weight is 201 g/mol. The maximum Gasteiger partial charge on any atom is 0.338 e. The van der Waals surface area contributed by atoms with Crippen LogP contribution >= 0.6 is 25.3 Å². The summed E-state index contributed by atoms with van der Waals surface area (Å²) in [6.45, 7) is 1.74. The first-order chi connectivity index (χ1) is 5.54. The van der Waals surface area contributed by atoms with Gasteiger partial charge in [0.25, 0.3) is 0 Å². The zero-order valence-electron chi connectivity index (χ0n) is 6.27. The van der Waals surface area contributed by atoms with Gasteiger partial charge >= 0.3 is 5.97 Å². The van der Waals surface area contributed by atoms with Crippen molar-refractivity contribution in [1.82, 2.24) is 4.98 Å². The maximum absolute atomic E-state index is 10.6. The second kappa shape index (κ2) is 3.37. The number of carbonyl (C=O) groups is 1. The van der Waals surface area contributed by atoms with Crippen molar-refractivity contribution >= 4 is 31.2 Å². The van der Waals surface area contributed by atoms with Crippen LogP contribution in [-0.2, 0) is 0 Å². The molecule has 0 aliphatic carbocycles. The topological polar surface area (TPSA) is 50.2 Å². The Morgan fingerprint density at radius 1 is 1.50 bits per heavy atom. The largest absolute Gasteiger partial charge is 0.478 e. The van der Waals surface area contributed by atoms with E-state index in [1.165, 1.54) is 6.20 Å². The Hall–Kier alpha value is -0.680. The molecule has 0 atom stereocenters. The van der Waals surface area contributed by atoms with E-state index in [1.54, 1.807) is 6.92 Å². The molecule has 0 aromatic carbocycles. The van der Waals surface area contributed by atoms with E-state index in [4.69, 9.17) is 5.11 Å². The Bertz CT molecular complexity index is 338. The van der Waals surface area contributed by atoms with Crippen molar-refractivity contribution < 1.29 is 9.90 Å². The first kappa shape index (κ1) is 9.41. The number of nitrogens with zero attached hydrogens (tertiary/aromatic N) is 1. The van der Waals surface area contributed by atoms with E-state index in [0.29, 0.717) is 15.5 Å². The van der Waals surface area contributed by atoms with Crippen LogP contribution in [0.4, 0.5) is 0 Å². The molecule has 0 radical (unpaired) electrons. The van der Waals surface area contributed by atoms with Crippen LogP contribution in [0.2, 0.25) is 0 Å². The lowest BCUT2D eigenvalue weighted by atomic mass is 10.2. The highest BCUT2D eigenvalue weighted by atomic mass is 32.1. The van der Waals surface area contributed by atoms with Gasteiger partial charge in [0.2, 0.25) is 0 Å². The molecule has 0 spiro atoms. The van der Waals surface area contributed by atoms with Gasteiger partial charge in [0, 0.05) is 16.0 Å². The van der Waals surface area contributed by atoms with Gasteiger partial charge in [0.05, 0.1) is 11.3 Å². The van der Waals surface area contributed by atoms with Crippen molar-refractivity contribution in [1.29, 1.82) is 0 Å². The minimum Gasteiger partial charge on any atom is -0.478 e. The van der Waals surface area contributed by atoms with Crippen LogP contribution in [0.3, 0.4) is 0 Å². The summed E-state index contributed by atoms with van der Waals surface area (Å²) >= 11 is 8.10. The standard InChI is InChI=1S/C7H7NO2S2/c1-3-5(11)6(12)4(2-8-3)7(9)10/h2,11H,1H3,(H,8,12)(H,9,10). The Morgan fingerprint density at radius 2 is 2.08 bits per heavy atom. The van der Waals surface area contributed by atoms with Gasteiger partial charge < -0.3 is 5.11 Å². The summed E-state index contributed by atoms with van der Waals surface area (Å²) in [5.41, 5.74) is 0.752. The second-order valence-corrected chi connectivity index (χ2v) is 3.15. The van der Waals surface area contributed by atoms with Crippen LogP contribution in [0.15, 0.2) is 16.0 Å². The van der Waals surface area contributed by atoms with E-state index in [0.717, 1.165) is 0 Å². The summed E-state index contributed by atoms with van der Waals surface area (Å²) < 4.78 is 0. The van der Waals surface area contributed by atoms with Gasteiger partial charge in [0.1, 0.15) is 0 Å². The fourth-order valence-electron chi connectivity index (χ4n) is 0.739. The van der Waals surface area contributed by atoms with Crippen LogP contribution in [-0.4, -0.2) is 16.1 Å². The molecule has 3 nitrogen and oxygen atoms in total. The fourth-order valence-corrected chi connectivity index (χ4v) is 1.23. The van der Waals surface area contributed by atoms with Crippen LogP contribution in [0.25, 0.3) is 0 Å². The molecule has 0 saturated carbocycles. The van der Waals surface area contributed by atoms with Crippen LogP contribution in [0.1, 0.15) is 16.1 Å². The van der Waals surface area contributed by atoms with E-state index in [-0.39, 0.29) is 5.56 Å². The first-order valence-electron chi connectivity index (χ1n) is 3.15. The molecular weight excluding hydrogens is 194 g/mol. The number of hydrogen-bond donors (Lipinski definition) is 3. The highest BCUT2D eigenvalue weighted by Crippen LogP contribution is 2.23. The van der Waals surface area contributed by atoms with Crippen LogP contribution in [0, 0.1) is 6.92 Å². The van der Waals surface area contributed by atoms with Crippen LogP contribution < -0.4 is 0 Å². The highest BCUT2D eigenvalue weighted by molar-refractivity contribution is 7.83. The predicted molar refractivity (Wildman–Crippen MR) is 50.4 cm³/mol. The molecular formula is C7H7NO2S2. The van der Waals surface area contributed by atoms with Gasteiger partial charge in [-0.1, -0.05) is 0 Å². The smallest absolute Gasteiger partial charge is 0.338 e. The van der Waals surface area contributed by atoms with Crippen molar-refractivity contribution in [3.63, 3.8) is 0 Å². The lowest BCUT2D eigenvalue weighted by molar-refractivity contribution is 0.0692. The minimum absolute atomic E-state index is 0.0777. The van der Waals surface area contributed by atoms with E-state index in [2.05, 4.69) is 30.2 Å². The SMILES string of the molecule is Cc1ncc(C(=O)O)c(S)c1S. The number of rotatable bonds is 1. The third-order valence-corrected chi connectivity index (χ3v) is 2.63. The van der Waals surface area contributed by atoms with E-state index < -0.39 is 5.97 Å². The summed E-state index contributed by atoms with van der Waals surface area (Å²) in [4.78, 5) is 15.3. The summed E-state index contributed by atoms with van der Waals surface area (Å²) in [7, 11) is 0. The van der Waals surface area contributed by atoms with Gasteiger partial charge in [-0.05, 0) is 6.92 Å². The molecule has 0 aliphatic rings. The van der Waals surface area contributed by atoms with Crippen LogP contribution in [0.5, 0.6) is 0 Å². The van der Waals surface area contributed by atoms with E-state index in [1.807, 2.05) is 0 Å². The fraction of sp³-hybridized carbons (Fsp3) is 0.143. The number of aromatic nitrogens is 1. The Morgan fingerprint density at radius 3 is 2.58 bits per heavy atom. The molecule has 1 heterocycles. The van der Waals surface area contributed by atoms with Crippen molar-refractivity contribution in [2.24, 2.45) is 0 Å². The molecule has 64 valence electrons. The Labute approximate surface area is 80.6 Å². The molecule has 0 fully saturated rings. The molecule has 0 saturated heterocycles. The number of aryl methyl sites for hydroxylation is 1. The first-order valence-corrected chi connectivity index (χ1v) is 4.04. The summed E-state index contributed by atoms with van der Waals surface area (Å²) in [5.74, 6) is -1.04. The molecule has 0 amide bonds. The van der Waals surface area contributed by atoms with E-state index in [9.17, 15) is 4.79 Å². The van der Waals surface area contributed by atoms with Gasteiger partial charge in [0.15, 0.2) is 0 Å². The third-order valence-electron chi connectivity index (χ3n) is 1.44. The average Bonchev–Trinajstić information content (AvgIpc) is 2.00. The minimum atomic E-state index is -1.04. The number of thiol groups is 2. The summed E-state index contributed by atoms with van der Waals surface area (Å²) in [5, 5.41) is 8.66. The van der Waals surface area contributed by atoms with Gasteiger partial charge in [-0.25, -0.2) is 4.79 Å². The van der Waals surface area contributed by atoms with Gasteiger partial charge in [-0.15, -0.1) is 25.3 Å². The lowest BCUT2D eigenvalue weighted by Gasteiger charge is -2.04. The number of carboxylic acid groups (broad SMARTS) is 1. The normalized spacial score (nSPS) is 9.92. The number of aromatic carboxylic acids is 1. The molecule has 1 aromatic heterocycles. The molecule has 5 heteroatoms. The third kappa shape index (κ3) is 1.56. The monoisotopic (exact) mass is 201 g/mol. The Balaban J connectivity index is 3.36. The predicted octanol–water partition coefficient (Wildman–Crippen LogP) is 1.67. The van der Waals surface area contributed by atoms with Crippen molar-refractivity contribution in [3.8, 4) is 0 Å². The van der Waals surface area contributed by atoms with Gasteiger partial charge in [-0.3, -0.25) is 4.98 Å². The number of carboxylic acids is 1. The molecule has 0 aliphatic heterocycles. The quantitative estimate of drug-likeness (QED) is 0.606. The summed E-state index contributed by atoms with van der Waals surface area (Å²) in [6, 6.07) is 0. The molecule has 0 bridgehead atoms. The highest BCUT2D eigenvalue weighted by Gasteiger charge is 2.11. The van der Waals surface area contributed by atoms with Gasteiger partial charge in [-0.2, -0.15) is 0 Å². The molecule has 12 heavy (non-hydrogen) atoms. The molecule has 0 unspecified atom stereocenters. The molecule has 1 aromatic rings. The molecule has 1 rings (SSSR count). The number of hydrogen-bond acceptors (Lipinski definition) is 4. The zero-order chi connectivity index (χ0) is 9.30. The van der Waals surface area contributed by atoms with Crippen molar-refractivity contribution in [3.05, 3.63) is 17.5 Å². The van der Waals surface area contributed by atoms with Crippen molar-refractivity contribution in [2.45, 2.75) is 16.7 Å². The maximum atomic E-state index is 10.6. The number of pyridine rings is 1. The van der Waals surface area contributed by atoms with Crippen molar-refractivity contribution in [2.75, 3.05) is 0 Å². The molecule has 1 N–H and O–H groups in total.